The molecule has 0 atom stereocenters. The van der Waals surface area contributed by atoms with Gasteiger partial charge in [-0.1, -0.05) is 12.1 Å². The van der Waals surface area contributed by atoms with Gasteiger partial charge in [-0.2, -0.15) is 0 Å². The molecule has 0 spiro atoms. The molecule has 4 fully saturated rings. The van der Waals surface area contributed by atoms with Crippen LogP contribution in [-0.2, 0) is 4.74 Å². The van der Waals surface area contributed by atoms with Gasteiger partial charge in [0, 0.05) is 48.0 Å². The first kappa shape index (κ1) is 25.8. The molecule has 42 heavy (non-hydrogen) atoms. The number of rotatable bonds is 8. The van der Waals surface area contributed by atoms with Crippen LogP contribution in [0.2, 0.25) is 0 Å². The van der Waals surface area contributed by atoms with Gasteiger partial charge in [0.1, 0.15) is 11.9 Å². The topological polar surface area (TPSA) is 103 Å². The molecule has 1 aliphatic heterocycles. The van der Waals surface area contributed by atoms with Crippen molar-refractivity contribution in [2.45, 2.75) is 88.3 Å². The Morgan fingerprint density at radius 2 is 1.69 bits per heavy atom. The van der Waals surface area contributed by atoms with Crippen molar-refractivity contribution in [2.24, 2.45) is 0 Å². The average Bonchev–Trinajstić information content (AvgIpc) is 3.61. The molecule has 4 aliphatic rings. The lowest BCUT2D eigenvalue weighted by molar-refractivity contribution is 0.0256. The van der Waals surface area contributed by atoms with Crippen molar-refractivity contribution in [2.75, 3.05) is 18.5 Å². The summed E-state index contributed by atoms with van der Waals surface area (Å²) in [4.78, 5) is 12.5. The lowest BCUT2D eigenvalue weighted by atomic mass is 9.92. The van der Waals surface area contributed by atoms with Crippen molar-refractivity contribution >= 4 is 22.6 Å². The van der Waals surface area contributed by atoms with Gasteiger partial charge in [0.2, 0.25) is 5.89 Å². The van der Waals surface area contributed by atoms with E-state index in [0.29, 0.717) is 23.9 Å². The van der Waals surface area contributed by atoms with E-state index >= 15 is 0 Å². The lowest BCUT2D eigenvalue weighted by Gasteiger charge is -2.30. The lowest BCUT2D eigenvalue weighted by Crippen LogP contribution is -2.41. The second-order valence-electron chi connectivity index (χ2n) is 12.3. The molecule has 0 radical (unpaired) electrons. The number of urea groups is 1. The molecule has 2 aromatic heterocycles. The van der Waals surface area contributed by atoms with Gasteiger partial charge in [0.15, 0.2) is 0 Å². The minimum atomic E-state index is -0.146. The Kier molecular flexibility index (Phi) is 6.62. The van der Waals surface area contributed by atoms with Gasteiger partial charge >= 0.3 is 6.03 Å². The van der Waals surface area contributed by atoms with Gasteiger partial charge in [-0.15, -0.1) is 10.2 Å². The molecular weight excluding hydrogens is 530 g/mol. The van der Waals surface area contributed by atoms with Crippen LogP contribution in [-0.4, -0.2) is 46.2 Å². The van der Waals surface area contributed by atoms with E-state index in [4.69, 9.17) is 13.9 Å². The predicted molar refractivity (Wildman–Crippen MR) is 160 cm³/mol. The molecule has 2 aromatic carbocycles. The number of hydrogen-bond donors (Lipinski definition) is 2. The standard InChI is InChI=1S/C33H37N5O4/c39-33(34-22-3-1-4-22)35-23-11-9-20(10-12-23)30-29(32-37-36-31(42-32)21-7-8-21)27-14-13-26(41-25-15-17-40-18-16-25)19-28(27)38(30)24-5-2-6-24/h9-14,19,21-22,24-25H,1-8,15-18H2,(H2,34,35,39). The maximum Gasteiger partial charge on any atom is 0.319 e. The molecule has 0 unspecified atom stereocenters. The maximum absolute atomic E-state index is 12.5. The molecule has 218 valence electrons. The Bertz CT molecular complexity index is 1590. The van der Waals surface area contributed by atoms with Crippen LogP contribution in [0.4, 0.5) is 10.5 Å². The Balaban J connectivity index is 1.20. The molecule has 3 saturated carbocycles. The maximum atomic E-state index is 12.5. The Hall–Kier alpha value is -3.85. The van der Waals surface area contributed by atoms with Crippen LogP contribution in [0.5, 0.6) is 5.75 Å². The first-order valence-corrected chi connectivity index (χ1v) is 15.6. The highest BCUT2D eigenvalue weighted by Gasteiger charge is 2.33. The van der Waals surface area contributed by atoms with E-state index in [1.807, 2.05) is 12.1 Å². The smallest absolute Gasteiger partial charge is 0.319 e. The number of carbonyl (C=O) groups is 1. The molecule has 1 saturated heterocycles. The van der Waals surface area contributed by atoms with E-state index in [-0.39, 0.29) is 12.1 Å². The monoisotopic (exact) mass is 567 g/mol. The number of ether oxygens (including phenoxy) is 2. The molecule has 9 nitrogen and oxygen atoms in total. The highest BCUT2D eigenvalue weighted by Crippen LogP contribution is 2.48. The zero-order valence-electron chi connectivity index (χ0n) is 23.8. The van der Waals surface area contributed by atoms with Crippen LogP contribution in [0, 0.1) is 0 Å². The first-order valence-electron chi connectivity index (χ1n) is 15.6. The Morgan fingerprint density at radius 1 is 0.905 bits per heavy atom. The van der Waals surface area contributed by atoms with E-state index < -0.39 is 0 Å². The van der Waals surface area contributed by atoms with Crippen molar-refractivity contribution in [3.63, 3.8) is 0 Å². The number of nitrogens with zero attached hydrogens (tertiary/aromatic N) is 3. The number of amides is 2. The van der Waals surface area contributed by atoms with Crippen molar-refractivity contribution in [1.29, 1.82) is 0 Å². The SMILES string of the molecule is O=C(Nc1ccc(-c2c(-c3nnc(C4CC4)o3)c3ccc(OC4CCOCC4)cc3n2C2CCC2)cc1)NC1CCC1. The fraction of sp³-hybridized carbons (Fsp3) is 0.485. The minimum absolute atomic E-state index is 0.146. The Labute approximate surface area is 245 Å². The van der Waals surface area contributed by atoms with E-state index in [9.17, 15) is 4.79 Å². The summed E-state index contributed by atoms with van der Waals surface area (Å²) in [5.41, 5.74) is 5.00. The molecule has 2 N–H and O–H groups in total. The van der Waals surface area contributed by atoms with Crippen LogP contribution >= 0.6 is 0 Å². The number of carbonyl (C=O) groups excluding carboxylic acids is 1. The number of nitrogens with one attached hydrogen (secondary N) is 2. The second-order valence-corrected chi connectivity index (χ2v) is 12.3. The molecule has 8 rings (SSSR count). The van der Waals surface area contributed by atoms with Gasteiger partial charge < -0.3 is 29.1 Å². The zero-order valence-corrected chi connectivity index (χ0v) is 23.8. The molecule has 3 heterocycles. The molecule has 0 bridgehead atoms. The summed E-state index contributed by atoms with van der Waals surface area (Å²) in [6.07, 6.45) is 10.9. The van der Waals surface area contributed by atoms with Crippen LogP contribution in [0.3, 0.4) is 0 Å². The van der Waals surface area contributed by atoms with Gasteiger partial charge in [0.25, 0.3) is 5.89 Å². The Morgan fingerprint density at radius 3 is 2.38 bits per heavy atom. The minimum Gasteiger partial charge on any atom is -0.490 e. The average molecular weight is 568 g/mol. The molecular formula is C33H37N5O4. The van der Waals surface area contributed by atoms with Crippen molar-refractivity contribution < 1.29 is 18.7 Å². The number of hydrogen-bond acceptors (Lipinski definition) is 6. The third-order valence-electron chi connectivity index (χ3n) is 9.32. The first-order chi connectivity index (χ1) is 20.7. The van der Waals surface area contributed by atoms with Gasteiger partial charge in [-0.05, 0) is 81.2 Å². The highest BCUT2D eigenvalue weighted by atomic mass is 16.5. The predicted octanol–water partition coefficient (Wildman–Crippen LogP) is 7.19. The fourth-order valence-corrected chi connectivity index (χ4v) is 6.32. The number of benzene rings is 2. The quantitative estimate of drug-likeness (QED) is 0.234. The number of aromatic nitrogens is 3. The summed E-state index contributed by atoms with van der Waals surface area (Å²) in [6.45, 7) is 1.49. The third-order valence-corrected chi connectivity index (χ3v) is 9.32. The van der Waals surface area contributed by atoms with E-state index in [2.05, 4.69) is 55.7 Å². The second kappa shape index (κ2) is 10.8. The van der Waals surface area contributed by atoms with Crippen molar-refractivity contribution in [3.8, 4) is 28.5 Å². The molecule has 2 amide bonds. The molecule has 4 aromatic rings. The largest absolute Gasteiger partial charge is 0.490 e. The van der Waals surface area contributed by atoms with E-state index in [1.54, 1.807) is 0 Å². The van der Waals surface area contributed by atoms with Gasteiger partial charge in [-0.25, -0.2) is 4.79 Å². The van der Waals surface area contributed by atoms with Gasteiger partial charge in [-0.3, -0.25) is 0 Å². The third kappa shape index (κ3) is 4.93. The van der Waals surface area contributed by atoms with Crippen molar-refractivity contribution in [1.82, 2.24) is 20.1 Å². The summed E-state index contributed by atoms with van der Waals surface area (Å²) in [7, 11) is 0. The summed E-state index contributed by atoms with van der Waals surface area (Å²) in [5.74, 6) is 2.56. The normalized spacial score (nSPS) is 19.8. The number of fused-ring (bicyclic) bond motifs is 1. The summed E-state index contributed by atoms with van der Waals surface area (Å²) in [6, 6.07) is 15.1. The highest BCUT2D eigenvalue weighted by molar-refractivity contribution is 6.03. The van der Waals surface area contributed by atoms with Crippen LogP contribution in [0.1, 0.15) is 82.1 Å². The van der Waals surface area contributed by atoms with Gasteiger partial charge in [0.05, 0.1) is 30.0 Å². The molecule has 9 heteroatoms. The van der Waals surface area contributed by atoms with Crippen LogP contribution in [0.15, 0.2) is 46.9 Å². The summed E-state index contributed by atoms with van der Waals surface area (Å²) < 4.78 is 20.8. The van der Waals surface area contributed by atoms with Crippen molar-refractivity contribution in [3.05, 3.63) is 48.4 Å². The van der Waals surface area contributed by atoms with E-state index in [0.717, 1.165) is 110 Å². The van der Waals surface area contributed by atoms with Crippen LogP contribution < -0.4 is 15.4 Å². The van der Waals surface area contributed by atoms with Crippen LogP contribution in [0.25, 0.3) is 33.6 Å². The fourth-order valence-electron chi connectivity index (χ4n) is 6.32. The molecule has 3 aliphatic carbocycles. The number of anilines is 1. The summed E-state index contributed by atoms with van der Waals surface area (Å²) in [5, 5.41) is 16.2. The zero-order chi connectivity index (χ0) is 28.0. The van der Waals surface area contributed by atoms with E-state index in [1.165, 1.54) is 12.8 Å². The summed E-state index contributed by atoms with van der Waals surface area (Å²) >= 11 is 0.